The molecule has 0 saturated carbocycles. The van der Waals surface area contributed by atoms with Crippen molar-refractivity contribution < 1.29 is 23.5 Å². The average molecular weight is 386 g/mol. The summed E-state index contributed by atoms with van der Waals surface area (Å²) in [5, 5.41) is 0. The van der Waals surface area contributed by atoms with E-state index in [1.54, 1.807) is 20.8 Å². The topological polar surface area (TPSA) is 79.5 Å². The molecule has 1 amide bonds. The SMILES string of the molecule is C=CCN(C(=O)c1cccc(F)c1)[C@@H](C)C(=O)c1c(C)[nH]c(C(=O)OC)c1C. The summed E-state index contributed by atoms with van der Waals surface area (Å²) in [5.41, 5.74) is 1.63. The Hall–Kier alpha value is -3.22. The van der Waals surface area contributed by atoms with E-state index in [4.69, 9.17) is 4.74 Å². The quantitative estimate of drug-likeness (QED) is 0.449. The lowest BCUT2D eigenvalue weighted by Gasteiger charge is -2.27. The Morgan fingerprint density at radius 1 is 1.32 bits per heavy atom. The predicted octanol–water partition coefficient (Wildman–Crippen LogP) is 3.46. The molecular weight excluding hydrogens is 363 g/mol. The second-order valence-electron chi connectivity index (χ2n) is 6.41. The van der Waals surface area contributed by atoms with Crippen LogP contribution in [0.25, 0.3) is 0 Å². The molecule has 7 heteroatoms. The van der Waals surface area contributed by atoms with Gasteiger partial charge >= 0.3 is 5.97 Å². The maximum atomic E-state index is 13.5. The molecule has 148 valence electrons. The molecule has 6 nitrogen and oxygen atoms in total. The molecule has 0 aliphatic rings. The number of ether oxygens (including phenoxy) is 1. The van der Waals surface area contributed by atoms with Crippen LogP contribution in [-0.2, 0) is 4.74 Å². The number of amides is 1. The summed E-state index contributed by atoms with van der Waals surface area (Å²) in [5.74, 6) is -1.94. The van der Waals surface area contributed by atoms with Crippen molar-refractivity contribution >= 4 is 17.7 Å². The maximum Gasteiger partial charge on any atom is 0.354 e. The van der Waals surface area contributed by atoms with Gasteiger partial charge in [-0.15, -0.1) is 6.58 Å². The third-order valence-corrected chi connectivity index (χ3v) is 4.58. The lowest BCUT2D eigenvalue weighted by Crippen LogP contribution is -2.43. The third-order valence-electron chi connectivity index (χ3n) is 4.58. The molecule has 1 N–H and O–H groups in total. The monoisotopic (exact) mass is 386 g/mol. The number of ketones is 1. The first-order valence-electron chi connectivity index (χ1n) is 8.72. The van der Waals surface area contributed by atoms with Crippen LogP contribution in [-0.4, -0.2) is 47.2 Å². The van der Waals surface area contributed by atoms with Crippen molar-refractivity contribution in [2.45, 2.75) is 26.8 Å². The number of carbonyl (C=O) groups excluding carboxylic acids is 3. The first-order chi connectivity index (χ1) is 13.2. The minimum Gasteiger partial charge on any atom is -0.464 e. The normalized spacial score (nSPS) is 11.6. The number of hydrogen-bond donors (Lipinski definition) is 1. The number of H-pyrrole nitrogens is 1. The van der Waals surface area contributed by atoms with Gasteiger partial charge in [-0.1, -0.05) is 12.1 Å². The van der Waals surface area contributed by atoms with Gasteiger partial charge in [0.15, 0.2) is 5.78 Å². The van der Waals surface area contributed by atoms with Gasteiger partial charge in [0.1, 0.15) is 11.5 Å². The second kappa shape index (κ2) is 8.65. The fraction of sp³-hybridized carbons (Fsp3) is 0.286. The van der Waals surface area contributed by atoms with Gasteiger partial charge in [-0.2, -0.15) is 0 Å². The zero-order valence-electron chi connectivity index (χ0n) is 16.3. The first-order valence-corrected chi connectivity index (χ1v) is 8.72. The number of nitrogens with zero attached hydrogens (tertiary/aromatic N) is 1. The van der Waals surface area contributed by atoms with E-state index in [0.29, 0.717) is 16.8 Å². The molecule has 0 aliphatic carbocycles. The molecule has 1 aromatic heterocycles. The van der Waals surface area contributed by atoms with E-state index < -0.39 is 23.7 Å². The smallest absolute Gasteiger partial charge is 0.354 e. The Balaban J connectivity index is 2.40. The van der Waals surface area contributed by atoms with Crippen LogP contribution in [0.4, 0.5) is 4.39 Å². The van der Waals surface area contributed by atoms with Gasteiger partial charge in [0, 0.05) is 23.4 Å². The van der Waals surface area contributed by atoms with Crippen LogP contribution in [0.3, 0.4) is 0 Å². The molecule has 28 heavy (non-hydrogen) atoms. The maximum absolute atomic E-state index is 13.5. The molecule has 0 saturated heterocycles. The van der Waals surface area contributed by atoms with Crippen molar-refractivity contribution in [3.63, 3.8) is 0 Å². The third kappa shape index (κ3) is 4.03. The molecule has 0 bridgehead atoms. The summed E-state index contributed by atoms with van der Waals surface area (Å²) >= 11 is 0. The van der Waals surface area contributed by atoms with Gasteiger partial charge < -0.3 is 14.6 Å². The van der Waals surface area contributed by atoms with E-state index in [1.807, 2.05) is 0 Å². The van der Waals surface area contributed by atoms with Crippen molar-refractivity contribution in [3.8, 4) is 0 Å². The molecule has 2 rings (SSSR count). The Morgan fingerprint density at radius 3 is 2.57 bits per heavy atom. The zero-order valence-corrected chi connectivity index (χ0v) is 16.3. The first kappa shape index (κ1) is 21.1. The van der Waals surface area contributed by atoms with Gasteiger partial charge in [0.25, 0.3) is 5.91 Å². The molecule has 0 radical (unpaired) electrons. The fourth-order valence-corrected chi connectivity index (χ4v) is 3.12. The minimum absolute atomic E-state index is 0.106. The number of benzene rings is 1. The number of halogens is 1. The number of Topliss-reactive ketones (excluding diaryl/α,β-unsaturated/α-hetero) is 1. The largest absolute Gasteiger partial charge is 0.464 e. The molecule has 0 unspecified atom stereocenters. The number of esters is 1. The van der Waals surface area contributed by atoms with Crippen molar-refractivity contribution in [2.24, 2.45) is 0 Å². The van der Waals surface area contributed by atoms with Crippen LogP contribution in [0.1, 0.15) is 49.4 Å². The van der Waals surface area contributed by atoms with Crippen LogP contribution in [0.2, 0.25) is 0 Å². The van der Waals surface area contributed by atoms with Gasteiger partial charge in [-0.3, -0.25) is 9.59 Å². The Kier molecular flexibility index (Phi) is 6.51. The number of methoxy groups -OCH3 is 1. The second-order valence-corrected chi connectivity index (χ2v) is 6.41. The van der Waals surface area contributed by atoms with Gasteiger partial charge in [0.2, 0.25) is 0 Å². The van der Waals surface area contributed by atoms with Gasteiger partial charge in [-0.25, -0.2) is 9.18 Å². The van der Waals surface area contributed by atoms with Crippen molar-refractivity contribution in [1.29, 1.82) is 0 Å². The molecule has 1 atom stereocenters. The molecule has 2 aromatic rings. The molecule has 1 aromatic carbocycles. The van der Waals surface area contributed by atoms with Crippen molar-refractivity contribution in [1.82, 2.24) is 9.88 Å². The summed E-state index contributed by atoms with van der Waals surface area (Å²) in [6, 6.07) is 4.43. The predicted molar refractivity (Wildman–Crippen MR) is 103 cm³/mol. The lowest BCUT2D eigenvalue weighted by molar-refractivity contribution is 0.0593. The van der Waals surface area contributed by atoms with E-state index in [1.165, 1.54) is 36.3 Å². The zero-order chi connectivity index (χ0) is 21.0. The Bertz CT molecular complexity index is 932. The summed E-state index contributed by atoms with van der Waals surface area (Å²) in [4.78, 5) is 42.1. The van der Waals surface area contributed by atoms with E-state index in [9.17, 15) is 18.8 Å². The minimum atomic E-state index is -0.854. The molecule has 0 spiro atoms. The van der Waals surface area contributed by atoms with Crippen molar-refractivity contribution in [2.75, 3.05) is 13.7 Å². The highest BCUT2D eigenvalue weighted by Gasteiger charge is 2.31. The highest BCUT2D eigenvalue weighted by Crippen LogP contribution is 2.23. The number of aromatic nitrogens is 1. The Labute approximate surface area is 163 Å². The van der Waals surface area contributed by atoms with Gasteiger partial charge in [0.05, 0.1) is 13.2 Å². The number of aryl methyl sites for hydroxylation is 1. The van der Waals surface area contributed by atoms with E-state index in [2.05, 4.69) is 11.6 Å². The van der Waals surface area contributed by atoms with Crippen LogP contribution in [0, 0.1) is 19.7 Å². The molecule has 0 aliphatic heterocycles. The van der Waals surface area contributed by atoms with Crippen LogP contribution in [0.15, 0.2) is 36.9 Å². The fourth-order valence-electron chi connectivity index (χ4n) is 3.12. The van der Waals surface area contributed by atoms with E-state index >= 15 is 0 Å². The number of rotatable bonds is 7. The van der Waals surface area contributed by atoms with E-state index in [0.717, 1.165) is 6.07 Å². The number of nitrogens with one attached hydrogen (secondary N) is 1. The summed E-state index contributed by atoms with van der Waals surface area (Å²) in [7, 11) is 1.26. The Morgan fingerprint density at radius 2 is 2.00 bits per heavy atom. The molecular formula is C21H23FN2O4. The molecule has 1 heterocycles. The number of hydrogen-bond acceptors (Lipinski definition) is 4. The van der Waals surface area contributed by atoms with Crippen LogP contribution < -0.4 is 0 Å². The average Bonchev–Trinajstić information content (AvgIpc) is 2.98. The standard InChI is InChI=1S/C21H23FN2O4/c1-6-10-24(20(26)15-8-7-9-16(22)11-15)14(4)19(25)17-12(2)18(21(27)28-5)23-13(17)3/h6-9,11,14,23H,1,10H2,2-5H3/t14-/m0/s1. The highest BCUT2D eigenvalue weighted by atomic mass is 19.1. The summed E-state index contributed by atoms with van der Waals surface area (Å²) in [6.45, 7) is 8.64. The van der Waals surface area contributed by atoms with Crippen molar-refractivity contribution in [3.05, 3.63) is 70.8 Å². The molecule has 0 fully saturated rings. The van der Waals surface area contributed by atoms with E-state index in [-0.39, 0.29) is 23.6 Å². The number of aromatic amines is 1. The van der Waals surface area contributed by atoms with Crippen LogP contribution in [0.5, 0.6) is 0 Å². The highest BCUT2D eigenvalue weighted by molar-refractivity contribution is 6.07. The summed E-state index contributed by atoms with van der Waals surface area (Å²) in [6.07, 6.45) is 1.50. The van der Waals surface area contributed by atoms with Crippen LogP contribution >= 0.6 is 0 Å². The lowest BCUT2D eigenvalue weighted by atomic mass is 9.99. The summed E-state index contributed by atoms with van der Waals surface area (Å²) < 4.78 is 18.2. The number of carbonyl (C=O) groups is 3. The van der Waals surface area contributed by atoms with Gasteiger partial charge in [-0.05, 0) is 44.5 Å².